The van der Waals surface area contributed by atoms with Crippen molar-refractivity contribution in [1.82, 2.24) is 0 Å². The quantitative estimate of drug-likeness (QED) is 0.857. The number of aryl methyl sites for hydroxylation is 1. The molecule has 0 aliphatic carbocycles. The summed E-state index contributed by atoms with van der Waals surface area (Å²) < 4.78 is 11.1. The Morgan fingerprint density at radius 2 is 1.81 bits per heavy atom. The molecule has 2 aromatic rings. The first-order valence-corrected chi connectivity index (χ1v) is 6.87. The van der Waals surface area contributed by atoms with Crippen molar-refractivity contribution >= 4 is 0 Å². The van der Waals surface area contributed by atoms with E-state index in [4.69, 9.17) is 20.3 Å². The van der Waals surface area contributed by atoms with Crippen LogP contribution in [-0.2, 0) is 19.8 Å². The van der Waals surface area contributed by atoms with Gasteiger partial charge < -0.3 is 20.3 Å². The van der Waals surface area contributed by atoms with Crippen molar-refractivity contribution in [3.05, 3.63) is 58.7 Å². The Kier molecular flexibility index (Phi) is 5.20. The molecule has 2 rings (SSSR count). The maximum Gasteiger partial charge on any atom is 0.161 e. The average molecular weight is 287 g/mol. The summed E-state index contributed by atoms with van der Waals surface area (Å²) in [6.45, 7) is 3.03. The van der Waals surface area contributed by atoms with Crippen molar-refractivity contribution in [2.75, 3.05) is 7.11 Å². The number of aliphatic hydroxyl groups excluding tert-OH is 1. The maximum absolute atomic E-state index is 9.14. The van der Waals surface area contributed by atoms with Crippen LogP contribution in [0.1, 0.15) is 22.3 Å². The first-order chi connectivity index (χ1) is 10.2. The van der Waals surface area contributed by atoms with Crippen molar-refractivity contribution in [3.8, 4) is 11.5 Å². The fourth-order valence-electron chi connectivity index (χ4n) is 2.13. The molecule has 0 amide bonds. The van der Waals surface area contributed by atoms with Gasteiger partial charge in [0.05, 0.1) is 13.7 Å². The van der Waals surface area contributed by atoms with Crippen LogP contribution < -0.4 is 15.2 Å². The number of methoxy groups -OCH3 is 1. The standard InChI is InChI=1S/C17H21NO3/c1-12-7-13(9-18)3-5-15(12)11-21-16-6-4-14(10-19)8-17(16)20-2/h3-8,19H,9-11,18H2,1-2H3. The second-order valence-corrected chi connectivity index (χ2v) is 4.90. The molecule has 112 valence electrons. The Balaban J connectivity index is 2.12. The molecule has 4 nitrogen and oxygen atoms in total. The number of benzene rings is 2. The van der Waals surface area contributed by atoms with Crippen LogP contribution >= 0.6 is 0 Å². The smallest absolute Gasteiger partial charge is 0.161 e. The predicted octanol–water partition coefficient (Wildman–Crippen LogP) is 2.53. The van der Waals surface area contributed by atoms with Crippen LogP contribution in [0.5, 0.6) is 11.5 Å². The lowest BCUT2D eigenvalue weighted by atomic mass is 10.1. The van der Waals surface area contributed by atoms with Gasteiger partial charge in [-0.1, -0.05) is 24.3 Å². The molecule has 0 spiro atoms. The molecular formula is C17H21NO3. The largest absolute Gasteiger partial charge is 0.493 e. The van der Waals surface area contributed by atoms with E-state index in [-0.39, 0.29) is 6.61 Å². The van der Waals surface area contributed by atoms with Gasteiger partial charge in [-0.05, 0) is 41.3 Å². The second-order valence-electron chi connectivity index (χ2n) is 4.90. The molecule has 0 aliphatic heterocycles. The van der Waals surface area contributed by atoms with Crippen molar-refractivity contribution in [3.63, 3.8) is 0 Å². The lowest BCUT2D eigenvalue weighted by Crippen LogP contribution is -2.02. The molecule has 0 bridgehead atoms. The average Bonchev–Trinajstić information content (AvgIpc) is 2.53. The molecule has 0 unspecified atom stereocenters. The molecular weight excluding hydrogens is 266 g/mol. The SMILES string of the molecule is COc1cc(CO)ccc1OCc1ccc(CN)cc1C. The number of ether oxygens (including phenoxy) is 2. The van der Waals surface area contributed by atoms with Crippen LogP contribution in [0, 0.1) is 6.92 Å². The second kappa shape index (κ2) is 7.11. The maximum atomic E-state index is 9.14. The van der Waals surface area contributed by atoms with Crippen molar-refractivity contribution < 1.29 is 14.6 Å². The van der Waals surface area contributed by atoms with E-state index >= 15 is 0 Å². The molecule has 0 saturated carbocycles. The molecule has 0 aliphatic rings. The molecule has 0 heterocycles. The topological polar surface area (TPSA) is 64.7 Å². The summed E-state index contributed by atoms with van der Waals surface area (Å²) >= 11 is 0. The van der Waals surface area contributed by atoms with Gasteiger partial charge in [-0.3, -0.25) is 0 Å². The minimum Gasteiger partial charge on any atom is -0.493 e. The van der Waals surface area contributed by atoms with E-state index < -0.39 is 0 Å². The molecule has 4 heteroatoms. The zero-order valence-corrected chi connectivity index (χ0v) is 12.4. The third kappa shape index (κ3) is 3.74. The first kappa shape index (κ1) is 15.4. The van der Waals surface area contributed by atoms with Gasteiger partial charge >= 0.3 is 0 Å². The Bertz CT molecular complexity index is 611. The summed E-state index contributed by atoms with van der Waals surface area (Å²) in [6.07, 6.45) is 0. The lowest BCUT2D eigenvalue weighted by Gasteiger charge is -2.13. The molecule has 2 aromatic carbocycles. The van der Waals surface area contributed by atoms with E-state index in [0.29, 0.717) is 24.7 Å². The van der Waals surface area contributed by atoms with E-state index in [9.17, 15) is 0 Å². The first-order valence-electron chi connectivity index (χ1n) is 6.87. The van der Waals surface area contributed by atoms with Gasteiger partial charge in [-0.15, -0.1) is 0 Å². The minimum atomic E-state index is -0.0176. The summed E-state index contributed by atoms with van der Waals surface area (Å²) in [5.74, 6) is 1.29. The third-order valence-electron chi connectivity index (χ3n) is 3.44. The highest BCUT2D eigenvalue weighted by Gasteiger charge is 2.07. The van der Waals surface area contributed by atoms with Crippen LogP contribution in [0.15, 0.2) is 36.4 Å². The van der Waals surface area contributed by atoms with Crippen LogP contribution in [0.3, 0.4) is 0 Å². The Hall–Kier alpha value is -2.04. The van der Waals surface area contributed by atoms with Crippen LogP contribution in [-0.4, -0.2) is 12.2 Å². The highest BCUT2D eigenvalue weighted by atomic mass is 16.5. The highest BCUT2D eigenvalue weighted by molar-refractivity contribution is 5.43. The van der Waals surface area contributed by atoms with Crippen molar-refractivity contribution in [2.24, 2.45) is 5.73 Å². The Labute approximate surface area is 125 Å². The predicted molar refractivity (Wildman–Crippen MR) is 82.3 cm³/mol. The number of hydrogen-bond acceptors (Lipinski definition) is 4. The van der Waals surface area contributed by atoms with Gasteiger partial charge in [0.15, 0.2) is 11.5 Å². The van der Waals surface area contributed by atoms with Crippen molar-refractivity contribution in [2.45, 2.75) is 26.7 Å². The summed E-state index contributed by atoms with van der Waals surface area (Å²) in [4.78, 5) is 0. The van der Waals surface area contributed by atoms with Gasteiger partial charge in [0.25, 0.3) is 0 Å². The zero-order chi connectivity index (χ0) is 15.2. The normalized spacial score (nSPS) is 10.5. The fraction of sp³-hybridized carbons (Fsp3) is 0.294. The van der Waals surface area contributed by atoms with Gasteiger partial charge in [0.2, 0.25) is 0 Å². The molecule has 0 radical (unpaired) electrons. The van der Waals surface area contributed by atoms with Crippen LogP contribution in [0.4, 0.5) is 0 Å². The number of hydrogen-bond donors (Lipinski definition) is 2. The van der Waals surface area contributed by atoms with E-state index in [0.717, 1.165) is 22.3 Å². The van der Waals surface area contributed by atoms with Gasteiger partial charge in [-0.25, -0.2) is 0 Å². The molecule has 21 heavy (non-hydrogen) atoms. The van der Waals surface area contributed by atoms with E-state index in [1.165, 1.54) is 0 Å². The monoisotopic (exact) mass is 287 g/mol. The molecule has 0 fully saturated rings. The summed E-state index contributed by atoms with van der Waals surface area (Å²) in [5, 5.41) is 9.14. The highest BCUT2D eigenvalue weighted by Crippen LogP contribution is 2.29. The molecule has 0 aromatic heterocycles. The number of nitrogens with two attached hydrogens (primary N) is 1. The molecule has 0 atom stereocenters. The minimum absolute atomic E-state index is 0.0176. The third-order valence-corrected chi connectivity index (χ3v) is 3.44. The summed E-state index contributed by atoms with van der Waals surface area (Å²) in [7, 11) is 1.59. The van der Waals surface area contributed by atoms with E-state index in [1.807, 2.05) is 31.2 Å². The van der Waals surface area contributed by atoms with Crippen molar-refractivity contribution in [1.29, 1.82) is 0 Å². The van der Waals surface area contributed by atoms with Gasteiger partial charge in [0.1, 0.15) is 6.61 Å². The van der Waals surface area contributed by atoms with E-state index in [2.05, 4.69) is 6.07 Å². The van der Waals surface area contributed by atoms with Crippen LogP contribution in [0.25, 0.3) is 0 Å². The Morgan fingerprint density at radius 1 is 1.05 bits per heavy atom. The van der Waals surface area contributed by atoms with Crippen LogP contribution in [0.2, 0.25) is 0 Å². The van der Waals surface area contributed by atoms with E-state index in [1.54, 1.807) is 13.2 Å². The number of aliphatic hydroxyl groups is 1. The summed E-state index contributed by atoms with van der Waals surface area (Å²) in [5.41, 5.74) is 9.81. The fourth-order valence-corrected chi connectivity index (χ4v) is 2.13. The van der Waals surface area contributed by atoms with Gasteiger partial charge in [-0.2, -0.15) is 0 Å². The van der Waals surface area contributed by atoms with Gasteiger partial charge in [0, 0.05) is 6.54 Å². The lowest BCUT2D eigenvalue weighted by molar-refractivity contribution is 0.274. The number of rotatable bonds is 6. The zero-order valence-electron chi connectivity index (χ0n) is 12.4. The summed E-state index contributed by atoms with van der Waals surface area (Å²) in [6, 6.07) is 11.5. The molecule has 3 N–H and O–H groups in total. The molecule has 0 saturated heterocycles. The Morgan fingerprint density at radius 3 is 2.43 bits per heavy atom.